The molecule has 3 rings (SSSR count). The molecule has 146 valence electrons. The number of nitrogens with zero attached hydrogens (tertiary/aromatic N) is 2. The van der Waals surface area contributed by atoms with E-state index in [1.165, 1.54) is 0 Å². The highest BCUT2D eigenvalue weighted by atomic mass is 16.5. The molecule has 1 aliphatic rings. The summed E-state index contributed by atoms with van der Waals surface area (Å²) in [7, 11) is 3.30. The summed E-state index contributed by atoms with van der Waals surface area (Å²) in [5.74, 6) is 1.48. The van der Waals surface area contributed by atoms with Gasteiger partial charge in [0.1, 0.15) is 11.5 Å². The number of likely N-dealkylation sites (tertiary alicyclic amines) is 1. The minimum atomic E-state index is -0.325. The van der Waals surface area contributed by atoms with Crippen LogP contribution >= 0.6 is 0 Å². The summed E-state index contributed by atoms with van der Waals surface area (Å²) in [6.07, 6.45) is 1.96. The molecule has 0 spiro atoms. The molecule has 1 heterocycles. The molecule has 0 bridgehead atoms. The van der Waals surface area contributed by atoms with Gasteiger partial charge in [-0.3, -0.25) is 9.69 Å². The Labute approximate surface area is 165 Å². The van der Waals surface area contributed by atoms with Crippen molar-refractivity contribution >= 4 is 11.6 Å². The van der Waals surface area contributed by atoms with Crippen LogP contribution in [0, 0.1) is 11.3 Å². The molecule has 1 amide bonds. The van der Waals surface area contributed by atoms with Crippen LogP contribution in [0.5, 0.6) is 11.5 Å². The molecule has 2 atom stereocenters. The van der Waals surface area contributed by atoms with Gasteiger partial charge in [0.2, 0.25) is 5.91 Å². The van der Waals surface area contributed by atoms with Crippen LogP contribution in [0.1, 0.15) is 36.9 Å². The predicted molar refractivity (Wildman–Crippen MR) is 107 cm³/mol. The number of ether oxygens (including phenoxy) is 2. The summed E-state index contributed by atoms with van der Waals surface area (Å²) >= 11 is 0. The van der Waals surface area contributed by atoms with E-state index >= 15 is 0 Å². The van der Waals surface area contributed by atoms with Crippen LogP contribution in [0.15, 0.2) is 42.5 Å². The van der Waals surface area contributed by atoms with Crippen molar-refractivity contribution in [1.29, 1.82) is 5.26 Å². The van der Waals surface area contributed by atoms with Crippen molar-refractivity contribution in [2.45, 2.75) is 31.8 Å². The third-order valence-corrected chi connectivity index (χ3v) is 5.23. The molecule has 2 aromatic carbocycles. The van der Waals surface area contributed by atoms with Crippen LogP contribution in [0.4, 0.5) is 5.69 Å². The Morgan fingerprint density at radius 2 is 2.07 bits per heavy atom. The molecular formula is C22H25N3O3. The lowest BCUT2D eigenvalue weighted by molar-refractivity contribution is -0.121. The van der Waals surface area contributed by atoms with Crippen LogP contribution in [-0.2, 0) is 4.79 Å². The molecule has 6 heteroatoms. The van der Waals surface area contributed by atoms with E-state index in [4.69, 9.17) is 14.7 Å². The molecule has 1 N–H and O–H groups in total. The van der Waals surface area contributed by atoms with Gasteiger partial charge < -0.3 is 14.8 Å². The van der Waals surface area contributed by atoms with Gasteiger partial charge >= 0.3 is 0 Å². The molecule has 0 radical (unpaired) electrons. The summed E-state index contributed by atoms with van der Waals surface area (Å²) < 4.78 is 10.9. The Balaban J connectivity index is 1.80. The van der Waals surface area contributed by atoms with Crippen molar-refractivity contribution in [3.05, 3.63) is 53.6 Å². The third-order valence-electron chi connectivity index (χ3n) is 5.23. The Bertz CT molecular complexity index is 891. The van der Waals surface area contributed by atoms with E-state index in [1.54, 1.807) is 38.5 Å². The van der Waals surface area contributed by atoms with Crippen molar-refractivity contribution in [3.8, 4) is 17.6 Å². The number of carbonyl (C=O) groups is 1. The first-order valence-corrected chi connectivity index (χ1v) is 9.36. The first-order chi connectivity index (χ1) is 13.6. The number of benzene rings is 2. The second-order valence-corrected chi connectivity index (χ2v) is 6.86. The minimum Gasteiger partial charge on any atom is -0.497 e. The molecule has 2 aromatic rings. The highest BCUT2D eigenvalue weighted by molar-refractivity contribution is 5.94. The molecular weight excluding hydrogens is 354 g/mol. The van der Waals surface area contributed by atoms with E-state index in [9.17, 15) is 4.79 Å². The highest BCUT2D eigenvalue weighted by Crippen LogP contribution is 2.40. The quantitative estimate of drug-likeness (QED) is 0.828. The van der Waals surface area contributed by atoms with Crippen molar-refractivity contribution in [2.24, 2.45) is 0 Å². The third kappa shape index (κ3) is 4.10. The van der Waals surface area contributed by atoms with Crippen molar-refractivity contribution in [3.63, 3.8) is 0 Å². The summed E-state index contributed by atoms with van der Waals surface area (Å²) in [5, 5.41) is 12.0. The monoisotopic (exact) mass is 379 g/mol. The first-order valence-electron chi connectivity index (χ1n) is 9.36. The molecule has 1 fully saturated rings. The van der Waals surface area contributed by atoms with Gasteiger partial charge in [0.05, 0.1) is 31.9 Å². The van der Waals surface area contributed by atoms with Crippen LogP contribution in [0.25, 0.3) is 0 Å². The van der Waals surface area contributed by atoms with Crippen molar-refractivity contribution < 1.29 is 14.3 Å². The van der Waals surface area contributed by atoms with E-state index in [-0.39, 0.29) is 18.0 Å². The lowest BCUT2D eigenvalue weighted by Crippen LogP contribution is -2.41. The van der Waals surface area contributed by atoms with E-state index < -0.39 is 0 Å². The number of carbonyl (C=O) groups excluding carboxylic acids is 1. The molecule has 28 heavy (non-hydrogen) atoms. The SMILES string of the molecule is COc1ccc(OC)c([C@H]2CCCN2[C@@H](C)C(=O)Nc2cccc(C#N)c2)c1. The van der Waals surface area contributed by atoms with Crippen molar-refractivity contribution in [2.75, 3.05) is 26.1 Å². The van der Waals surface area contributed by atoms with E-state index in [0.29, 0.717) is 11.3 Å². The highest BCUT2D eigenvalue weighted by Gasteiger charge is 2.34. The molecule has 6 nitrogen and oxygen atoms in total. The topological polar surface area (TPSA) is 74.6 Å². The summed E-state index contributed by atoms with van der Waals surface area (Å²) in [5.41, 5.74) is 2.18. The maximum absolute atomic E-state index is 12.9. The summed E-state index contributed by atoms with van der Waals surface area (Å²) in [6, 6.07) is 14.6. The van der Waals surface area contributed by atoms with Gasteiger partial charge in [-0.1, -0.05) is 6.07 Å². The van der Waals surface area contributed by atoms with E-state index in [2.05, 4.69) is 16.3 Å². The van der Waals surface area contributed by atoms with Gasteiger partial charge in [-0.15, -0.1) is 0 Å². The predicted octanol–water partition coefficient (Wildman–Crippen LogP) is 3.74. The number of hydrogen-bond donors (Lipinski definition) is 1. The Morgan fingerprint density at radius 3 is 2.79 bits per heavy atom. The number of nitrogens with one attached hydrogen (secondary N) is 1. The largest absolute Gasteiger partial charge is 0.497 e. The second kappa shape index (κ2) is 8.77. The minimum absolute atomic E-state index is 0.0799. The van der Waals surface area contributed by atoms with Gasteiger partial charge in [-0.25, -0.2) is 0 Å². The smallest absolute Gasteiger partial charge is 0.241 e. The Morgan fingerprint density at radius 1 is 1.25 bits per heavy atom. The Kier molecular flexibility index (Phi) is 6.17. The molecule has 1 saturated heterocycles. The fourth-order valence-corrected chi connectivity index (χ4v) is 3.75. The number of rotatable bonds is 6. The van der Waals surface area contributed by atoms with Crippen LogP contribution < -0.4 is 14.8 Å². The van der Waals surface area contributed by atoms with E-state index in [0.717, 1.165) is 36.4 Å². The van der Waals surface area contributed by atoms with Gasteiger partial charge in [-0.2, -0.15) is 5.26 Å². The van der Waals surface area contributed by atoms with Gasteiger partial charge in [0.25, 0.3) is 0 Å². The standard InChI is InChI=1S/C22H25N3O3/c1-15(22(26)24-17-7-4-6-16(12-17)14-23)25-11-5-8-20(25)19-13-18(27-2)9-10-21(19)28-3/h4,6-7,9-10,12-13,15,20H,5,8,11H2,1-3H3,(H,24,26)/t15-,20+/m0/s1. The number of hydrogen-bond acceptors (Lipinski definition) is 5. The average molecular weight is 379 g/mol. The normalized spacial score (nSPS) is 17.6. The fraction of sp³-hybridized carbons (Fsp3) is 0.364. The second-order valence-electron chi connectivity index (χ2n) is 6.86. The number of amides is 1. The summed E-state index contributed by atoms with van der Waals surface area (Å²) in [4.78, 5) is 15.1. The lowest BCUT2D eigenvalue weighted by Gasteiger charge is -2.31. The van der Waals surface area contributed by atoms with Crippen LogP contribution in [0.2, 0.25) is 0 Å². The zero-order valence-electron chi connectivity index (χ0n) is 16.4. The lowest BCUT2D eigenvalue weighted by atomic mass is 10.0. The zero-order valence-corrected chi connectivity index (χ0v) is 16.4. The number of anilines is 1. The fourth-order valence-electron chi connectivity index (χ4n) is 3.75. The summed E-state index contributed by atoms with van der Waals surface area (Å²) in [6.45, 7) is 2.74. The van der Waals surface area contributed by atoms with Crippen LogP contribution in [-0.4, -0.2) is 37.6 Å². The maximum atomic E-state index is 12.9. The van der Waals surface area contributed by atoms with Crippen molar-refractivity contribution in [1.82, 2.24) is 4.90 Å². The molecule has 0 saturated carbocycles. The molecule has 0 aliphatic carbocycles. The Hall–Kier alpha value is -3.04. The number of methoxy groups -OCH3 is 2. The number of nitriles is 1. The average Bonchev–Trinajstić information content (AvgIpc) is 3.22. The van der Waals surface area contributed by atoms with Crippen LogP contribution in [0.3, 0.4) is 0 Å². The van der Waals surface area contributed by atoms with Gasteiger partial charge in [0, 0.05) is 17.3 Å². The zero-order chi connectivity index (χ0) is 20.1. The maximum Gasteiger partial charge on any atom is 0.241 e. The van der Waals surface area contributed by atoms with Gasteiger partial charge in [0.15, 0.2) is 0 Å². The first kappa shape index (κ1) is 19.7. The molecule has 0 unspecified atom stereocenters. The molecule has 0 aromatic heterocycles. The van der Waals surface area contributed by atoms with Gasteiger partial charge in [-0.05, 0) is 62.7 Å². The molecule has 1 aliphatic heterocycles. The van der Waals surface area contributed by atoms with E-state index in [1.807, 2.05) is 25.1 Å².